The predicted octanol–water partition coefficient (Wildman–Crippen LogP) is 0.212. The molecule has 17 heavy (non-hydrogen) atoms. The molecular weight excluding hydrogens is 234 g/mol. The fourth-order valence-electron chi connectivity index (χ4n) is 2.28. The first kappa shape index (κ1) is 11.4. The van der Waals surface area contributed by atoms with E-state index in [0.717, 1.165) is 24.8 Å². The summed E-state index contributed by atoms with van der Waals surface area (Å²) in [6.07, 6.45) is 0. The van der Waals surface area contributed by atoms with Crippen molar-refractivity contribution in [3.63, 3.8) is 0 Å². The van der Waals surface area contributed by atoms with Crippen LogP contribution in [0.5, 0.6) is 0 Å². The molecule has 0 spiro atoms. The van der Waals surface area contributed by atoms with Crippen molar-refractivity contribution in [1.82, 2.24) is 4.90 Å². The lowest BCUT2D eigenvalue weighted by Crippen LogP contribution is -2.62. The van der Waals surface area contributed by atoms with Crippen LogP contribution in [-0.2, 0) is 13.3 Å². The van der Waals surface area contributed by atoms with Gasteiger partial charge in [-0.05, 0) is 0 Å². The maximum Gasteiger partial charge on any atom is 0.537 e. The summed E-state index contributed by atoms with van der Waals surface area (Å²) in [6, 6.07) is 10.1. The number of hydrogen-bond acceptors (Lipinski definition) is 4. The minimum atomic E-state index is -2.63. The molecule has 3 aliphatic rings. The van der Waals surface area contributed by atoms with Crippen LogP contribution in [0.2, 0.25) is 0 Å². The van der Waals surface area contributed by atoms with Gasteiger partial charge in [0, 0.05) is 24.8 Å². The van der Waals surface area contributed by atoms with Crippen molar-refractivity contribution in [2.24, 2.45) is 0 Å². The summed E-state index contributed by atoms with van der Waals surface area (Å²) in [5.41, 5.74) is 0. The van der Waals surface area contributed by atoms with Gasteiger partial charge < -0.3 is 13.3 Å². The molecule has 3 aliphatic heterocycles. The molecule has 0 saturated carbocycles. The summed E-state index contributed by atoms with van der Waals surface area (Å²) in [6.45, 7) is 5.03. The van der Waals surface area contributed by atoms with Gasteiger partial charge in [-0.3, -0.25) is 4.90 Å². The highest BCUT2D eigenvalue weighted by Gasteiger charge is 2.46. The van der Waals surface area contributed by atoms with Gasteiger partial charge >= 0.3 is 8.80 Å². The molecule has 0 amide bonds. The number of nitrogens with zero attached hydrogens (tertiary/aromatic N) is 1. The van der Waals surface area contributed by atoms with E-state index in [1.165, 1.54) is 0 Å². The average molecular weight is 251 g/mol. The quantitative estimate of drug-likeness (QED) is 0.668. The monoisotopic (exact) mass is 251 g/mol. The van der Waals surface area contributed by atoms with E-state index in [2.05, 4.69) is 4.90 Å². The van der Waals surface area contributed by atoms with E-state index in [4.69, 9.17) is 13.3 Å². The molecule has 4 rings (SSSR count). The predicted molar refractivity (Wildman–Crippen MR) is 66.1 cm³/mol. The summed E-state index contributed by atoms with van der Waals surface area (Å²) in [5, 5.41) is 1.08. The second-order valence-electron chi connectivity index (χ2n) is 4.31. The Morgan fingerprint density at radius 3 is 1.88 bits per heavy atom. The van der Waals surface area contributed by atoms with Crippen LogP contribution < -0.4 is 5.19 Å². The molecule has 3 heterocycles. The molecule has 0 aromatic heterocycles. The Balaban J connectivity index is 1.91. The highest BCUT2D eigenvalue weighted by Crippen LogP contribution is 2.15. The van der Waals surface area contributed by atoms with Crippen LogP contribution in [-0.4, -0.2) is 53.2 Å². The van der Waals surface area contributed by atoms with Gasteiger partial charge in [0.2, 0.25) is 0 Å². The third-order valence-electron chi connectivity index (χ3n) is 3.23. The Labute approximate surface area is 102 Å². The Hall–Kier alpha value is -0.723. The van der Waals surface area contributed by atoms with Gasteiger partial charge in [-0.2, -0.15) is 0 Å². The minimum absolute atomic E-state index is 0.696. The maximum atomic E-state index is 5.98. The Morgan fingerprint density at radius 2 is 1.35 bits per heavy atom. The fourth-order valence-corrected chi connectivity index (χ4v) is 4.71. The van der Waals surface area contributed by atoms with Gasteiger partial charge in [0.15, 0.2) is 0 Å². The first-order valence-electron chi connectivity index (χ1n) is 6.09. The van der Waals surface area contributed by atoms with Crippen LogP contribution in [0, 0.1) is 0 Å². The number of fused-ring (bicyclic) bond motifs is 6. The molecule has 3 fully saturated rings. The minimum Gasteiger partial charge on any atom is -0.369 e. The number of rotatable bonds is 1. The molecule has 2 bridgehead atoms. The van der Waals surface area contributed by atoms with Gasteiger partial charge in [-0.15, -0.1) is 0 Å². The third-order valence-corrected chi connectivity index (χ3v) is 6.02. The molecular formula is C12H17NO3Si. The van der Waals surface area contributed by atoms with Gasteiger partial charge in [0.05, 0.1) is 19.8 Å². The van der Waals surface area contributed by atoms with E-state index < -0.39 is 8.80 Å². The van der Waals surface area contributed by atoms with Crippen LogP contribution in [0.1, 0.15) is 0 Å². The summed E-state index contributed by atoms with van der Waals surface area (Å²) in [4.78, 5) is 2.32. The smallest absolute Gasteiger partial charge is 0.369 e. The largest absolute Gasteiger partial charge is 0.537 e. The van der Waals surface area contributed by atoms with Gasteiger partial charge in [-0.25, -0.2) is 0 Å². The molecule has 3 saturated heterocycles. The first-order chi connectivity index (χ1) is 8.39. The molecule has 0 aliphatic carbocycles. The molecule has 0 N–H and O–H groups in total. The highest BCUT2D eigenvalue weighted by molar-refractivity contribution is 6.75. The van der Waals surface area contributed by atoms with E-state index in [9.17, 15) is 0 Å². The van der Waals surface area contributed by atoms with Crippen LogP contribution in [0.3, 0.4) is 0 Å². The van der Waals surface area contributed by atoms with E-state index in [-0.39, 0.29) is 0 Å². The van der Waals surface area contributed by atoms with E-state index in [0.29, 0.717) is 19.8 Å². The first-order valence-corrected chi connectivity index (χ1v) is 7.81. The van der Waals surface area contributed by atoms with E-state index in [1.54, 1.807) is 0 Å². The van der Waals surface area contributed by atoms with E-state index in [1.807, 2.05) is 30.3 Å². The van der Waals surface area contributed by atoms with Crippen molar-refractivity contribution < 1.29 is 13.3 Å². The highest BCUT2D eigenvalue weighted by atomic mass is 28.4. The fraction of sp³-hybridized carbons (Fsp3) is 0.500. The summed E-state index contributed by atoms with van der Waals surface area (Å²) in [5.74, 6) is 0. The van der Waals surface area contributed by atoms with Crippen LogP contribution in [0.15, 0.2) is 30.3 Å². The lowest BCUT2D eigenvalue weighted by molar-refractivity contribution is 0.00141. The molecule has 5 heteroatoms. The zero-order valence-corrected chi connectivity index (χ0v) is 10.8. The van der Waals surface area contributed by atoms with Crippen LogP contribution >= 0.6 is 0 Å². The molecule has 4 nitrogen and oxygen atoms in total. The van der Waals surface area contributed by atoms with Crippen molar-refractivity contribution >= 4 is 14.0 Å². The van der Waals surface area contributed by atoms with Crippen molar-refractivity contribution in [1.29, 1.82) is 0 Å². The maximum absolute atomic E-state index is 5.98. The topological polar surface area (TPSA) is 30.9 Å². The second-order valence-corrected chi connectivity index (χ2v) is 6.86. The zero-order valence-electron chi connectivity index (χ0n) is 9.80. The second kappa shape index (κ2) is 4.87. The summed E-state index contributed by atoms with van der Waals surface area (Å²) >= 11 is 0. The van der Waals surface area contributed by atoms with E-state index >= 15 is 0 Å². The SMILES string of the molecule is c1ccc([Si]23OCCN(CCO2)CCO3)cc1. The molecule has 0 radical (unpaired) electrons. The molecule has 1 aromatic rings. The average Bonchev–Trinajstić information content (AvgIpc) is 2.28. The lowest BCUT2D eigenvalue weighted by atomic mass is 10.4. The third kappa shape index (κ3) is 2.29. The van der Waals surface area contributed by atoms with Crippen LogP contribution in [0.4, 0.5) is 0 Å². The van der Waals surface area contributed by atoms with Crippen LogP contribution in [0.25, 0.3) is 0 Å². The van der Waals surface area contributed by atoms with Gasteiger partial charge in [0.25, 0.3) is 0 Å². The summed E-state index contributed by atoms with van der Waals surface area (Å²) in [7, 11) is -2.63. The van der Waals surface area contributed by atoms with Gasteiger partial charge in [-0.1, -0.05) is 30.3 Å². The number of benzene rings is 1. The van der Waals surface area contributed by atoms with Crippen molar-refractivity contribution in [3.05, 3.63) is 30.3 Å². The lowest BCUT2D eigenvalue weighted by Gasteiger charge is -2.38. The zero-order chi connectivity index (χ0) is 11.6. The van der Waals surface area contributed by atoms with Crippen molar-refractivity contribution in [2.75, 3.05) is 39.5 Å². The van der Waals surface area contributed by atoms with Gasteiger partial charge in [0.1, 0.15) is 0 Å². The Bertz CT molecular complexity index is 347. The molecule has 0 unspecified atom stereocenters. The standard InChI is InChI=1S/C12H17NO3Si/c1-2-4-12(5-3-1)17-14-9-6-13(7-10-15-17)8-11-16-17/h1-5H,6-11H2. The van der Waals surface area contributed by atoms with Crippen molar-refractivity contribution in [2.45, 2.75) is 0 Å². The summed E-state index contributed by atoms with van der Waals surface area (Å²) < 4.78 is 17.9. The molecule has 1 aromatic carbocycles. The molecule has 92 valence electrons. The normalized spacial score (nSPS) is 33.8. The van der Waals surface area contributed by atoms with Crippen molar-refractivity contribution in [3.8, 4) is 0 Å². The number of hydrogen-bond donors (Lipinski definition) is 0. The molecule has 0 atom stereocenters. The Morgan fingerprint density at radius 1 is 0.824 bits per heavy atom. The Kier molecular flexibility index (Phi) is 3.26.